The van der Waals surface area contributed by atoms with Crippen LogP contribution in [-0.2, 0) is 4.79 Å². The fourth-order valence-corrected chi connectivity index (χ4v) is 5.19. The first-order valence-corrected chi connectivity index (χ1v) is 12.0. The zero-order chi connectivity index (χ0) is 21.0. The van der Waals surface area contributed by atoms with Crippen LogP contribution in [0.25, 0.3) is 11.0 Å². The molecule has 160 valence electrons. The van der Waals surface area contributed by atoms with Gasteiger partial charge in [0.1, 0.15) is 5.03 Å². The van der Waals surface area contributed by atoms with Crippen molar-refractivity contribution < 1.29 is 4.79 Å². The predicted molar refractivity (Wildman–Crippen MR) is 127 cm³/mol. The van der Waals surface area contributed by atoms with E-state index >= 15 is 0 Å². The lowest BCUT2D eigenvalue weighted by Crippen LogP contribution is -2.49. The van der Waals surface area contributed by atoms with E-state index in [1.807, 2.05) is 35.2 Å². The number of hydrogen-bond acceptors (Lipinski definition) is 6. The van der Waals surface area contributed by atoms with Gasteiger partial charge in [-0.25, -0.2) is 9.97 Å². The fraction of sp³-hybridized carbons (Fsp3) is 0.375. The summed E-state index contributed by atoms with van der Waals surface area (Å²) in [6.07, 6.45) is 2.37. The molecule has 6 nitrogen and oxygen atoms in total. The van der Waals surface area contributed by atoms with Crippen LogP contribution in [0.5, 0.6) is 0 Å². The normalized spacial score (nSPS) is 16.8. The third-order valence-corrected chi connectivity index (χ3v) is 6.95. The van der Waals surface area contributed by atoms with Crippen molar-refractivity contribution in [3.05, 3.63) is 54.6 Å². The highest BCUT2D eigenvalue weighted by Gasteiger charge is 2.24. The van der Waals surface area contributed by atoms with Crippen molar-refractivity contribution in [2.45, 2.75) is 17.9 Å². The Hall–Kier alpha value is -2.80. The molecule has 7 heteroatoms. The van der Waals surface area contributed by atoms with Crippen LogP contribution in [0, 0.1) is 0 Å². The SMILES string of the molecule is O=C(CSc1nc2ccccc2nc1N1CCCC1)N1CCN(c2ccccc2)CC1. The number of anilines is 2. The zero-order valence-electron chi connectivity index (χ0n) is 17.6. The lowest BCUT2D eigenvalue weighted by atomic mass is 10.2. The number of thioether (sulfide) groups is 1. The van der Waals surface area contributed by atoms with Gasteiger partial charge in [-0.3, -0.25) is 4.79 Å². The summed E-state index contributed by atoms with van der Waals surface area (Å²) >= 11 is 1.53. The van der Waals surface area contributed by atoms with Crippen molar-refractivity contribution in [1.82, 2.24) is 14.9 Å². The van der Waals surface area contributed by atoms with E-state index in [9.17, 15) is 4.79 Å². The molecule has 0 saturated carbocycles. The molecule has 0 spiro atoms. The molecule has 2 aliphatic heterocycles. The molecule has 1 amide bonds. The molecule has 0 radical (unpaired) electrons. The summed E-state index contributed by atoms with van der Waals surface area (Å²) in [7, 11) is 0. The molecule has 0 N–H and O–H groups in total. The Morgan fingerprint density at radius 3 is 2.13 bits per heavy atom. The minimum atomic E-state index is 0.181. The number of benzene rings is 2. The highest BCUT2D eigenvalue weighted by Crippen LogP contribution is 2.31. The van der Waals surface area contributed by atoms with Gasteiger partial charge >= 0.3 is 0 Å². The molecule has 31 heavy (non-hydrogen) atoms. The van der Waals surface area contributed by atoms with Gasteiger partial charge in [0.2, 0.25) is 5.91 Å². The molecule has 0 atom stereocenters. The van der Waals surface area contributed by atoms with Gasteiger partial charge in [-0.15, -0.1) is 0 Å². The van der Waals surface area contributed by atoms with Crippen LogP contribution in [0.15, 0.2) is 59.6 Å². The number of fused-ring (bicyclic) bond motifs is 1. The van der Waals surface area contributed by atoms with Gasteiger partial charge in [-0.05, 0) is 37.1 Å². The van der Waals surface area contributed by atoms with Crippen molar-refractivity contribution in [2.75, 3.05) is 54.8 Å². The van der Waals surface area contributed by atoms with E-state index in [1.165, 1.54) is 30.3 Å². The Morgan fingerprint density at radius 2 is 1.42 bits per heavy atom. The first-order valence-electron chi connectivity index (χ1n) is 11.0. The third-order valence-electron chi connectivity index (χ3n) is 6.01. The van der Waals surface area contributed by atoms with Crippen molar-refractivity contribution >= 4 is 40.2 Å². The largest absolute Gasteiger partial charge is 0.368 e. The number of carbonyl (C=O) groups is 1. The summed E-state index contributed by atoms with van der Waals surface area (Å²) in [4.78, 5) is 29.3. The average Bonchev–Trinajstić information content (AvgIpc) is 3.37. The lowest BCUT2D eigenvalue weighted by molar-refractivity contribution is -0.128. The molecule has 2 aromatic carbocycles. The quantitative estimate of drug-likeness (QED) is 0.573. The predicted octanol–water partition coefficient (Wildman–Crippen LogP) is 3.67. The highest BCUT2D eigenvalue weighted by atomic mass is 32.2. The standard InChI is InChI=1S/C24H27N5OS/c30-22(28-16-14-27(15-17-28)19-8-2-1-3-9-19)18-31-24-23(29-12-6-7-13-29)25-20-10-4-5-11-21(20)26-24/h1-5,8-11H,6-7,12-18H2. The van der Waals surface area contributed by atoms with Crippen molar-refractivity contribution in [3.8, 4) is 0 Å². The second-order valence-corrected chi connectivity index (χ2v) is 8.99. The maximum Gasteiger partial charge on any atom is 0.233 e. The zero-order valence-corrected chi connectivity index (χ0v) is 18.4. The van der Waals surface area contributed by atoms with E-state index in [4.69, 9.17) is 9.97 Å². The van der Waals surface area contributed by atoms with Crippen LogP contribution in [0.2, 0.25) is 0 Å². The van der Waals surface area contributed by atoms with Crippen molar-refractivity contribution in [3.63, 3.8) is 0 Å². The molecule has 5 rings (SSSR count). The highest BCUT2D eigenvalue weighted by molar-refractivity contribution is 8.00. The number of para-hydroxylation sites is 3. The second kappa shape index (κ2) is 9.14. The van der Waals surface area contributed by atoms with Gasteiger partial charge in [0.15, 0.2) is 5.82 Å². The van der Waals surface area contributed by atoms with Gasteiger partial charge < -0.3 is 14.7 Å². The maximum atomic E-state index is 12.9. The van der Waals surface area contributed by atoms with Gasteiger partial charge in [0, 0.05) is 45.0 Å². The van der Waals surface area contributed by atoms with E-state index < -0.39 is 0 Å². The molecule has 2 fully saturated rings. The Labute approximate surface area is 187 Å². The van der Waals surface area contributed by atoms with Gasteiger partial charge in [0.05, 0.1) is 16.8 Å². The monoisotopic (exact) mass is 433 g/mol. The van der Waals surface area contributed by atoms with Crippen LogP contribution < -0.4 is 9.80 Å². The number of nitrogens with zero attached hydrogens (tertiary/aromatic N) is 5. The number of piperazine rings is 1. The average molecular weight is 434 g/mol. The molecule has 0 aliphatic carbocycles. The maximum absolute atomic E-state index is 12.9. The van der Waals surface area contributed by atoms with Crippen LogP contribution in [-0.4, -0.2) is 65.8 Å². The summed E-state index contributed by atoms with van der Waals surface area (Å²) in [6, 6.07) is 18.4. The Kier molecular flexibility index (Phi) is 5.93. The van der Waals surface area contributed by atoms with E-state index in [0.717, 1.165) is 61.1 Å². The Balaban J connectivity index is 1.25. The van der Waals surface area contributed by atoms with Gasteiger partial charge in [0.25, 0.3) is 0 Å². The van der Waals surface area contributed by atoms with Crippen molar-refractivity contribution in [2.24, 2.45) is 0 Å². The summed E-state index contributed by atoms with van der Waals surface area (Å²) in [5.41, 5.74) is 3.03. The van der Waals surface area contributed by atoms with E-state index in [1.54, 1.807) is 0 Å². The third kappa shape index (κ3) is 4.46. The fourth-order valence-electron chi connectivity index (χ4n) is 4.28. The van der Waals surface area contributed by atoms with E-state index in [2.05, 4.69) is 34.1 Å². The van der Waals surface area contributed by atoms with Crippen LogP contribution in [0.3, 0.4) is 0 Å². The molecule has 2 aliphatic rings. The van der Waals surface area contributed by atoms with Crippen molar-refractivity contribution in [1.29, 1.82) is 0 Å². The topological polar surface area (TPSA) is 52.6 Å². The van der Waals surface area contributed by atoms with Gasteiger partial charge in [-0.2, -0.15) is 0 Å². The first kappa shape index (κ1) is 20.1. The molecule has 1 aromatic heterocycles. The number of amides is 1. The van der Waals surface area contributed by atoms with Crippen LogP contribution in [0.1, 0.15) is 12.8 Å². The minimum absolute atomic E-state index is 0.181. The molecular weight excluding hydrogens is 406 g/mol. The number of aromatic nitrogens is 2. The molecule has 0 bridgehead atoms. The summed E-state index contributed by atoms with van der Waals surface area (Å²) in [5, 5.41) is 0.872. The molecule has 2 saturated heterocycles. The molecular formula is C24H27N5OS. The molecule has 3 aromatic rings. The minimum Gasteiger partial charge on any atom is -0.368 e. The number of rotatable bonds is 5. The smallest absolute Gasteiger partial charge is 0.233 e. The summed E-state index contributed by atoms with van der Waals surface area (Å²) in [5.74, 6) is 1.52. The van der Waals surface area contributed by atoms with E-state index in [0.29, 0.717) is 5.75 Å². The van der Waals surface area contributed by atoms with Crippen LogP contribution >= 0.6 is 11.8 Å². The molecule has 3 heterocycles. The lowest BCUT2D eigenvalue weighted by Gasteiger charge is -2.36. The van der Waals surface area contributed by atoms with E-state index in [-0.39, 0.29) is 5.91 Å². The second-order valence-electron chi connectivity index (χ2n) is 8.03. The Bertz CT molecular complexity index is 1050. The number of hydrogen-bond donors (Lipinski definition) is 0. The molecule has 0 unspecified atom stereocenters. The first-order chi connectivity index (χ1) is 15.3. The summed E-state index contributed by atoms with van der Waals surface area (Å²) < 4.78 is 0. The summed E-state index contributed by atoms with van der Waals surface area (Å²) in [6.45, 7) is 5.28. The number of carbonyl (C=O) groups excluding carboxylic acids is 1. The van der Waals surface area contributed by atoms with Gasteiger partial charge in [-0.1, -0.05) is 42.1 Å². The van der Waals surface area contributed by atoms with Crippen LogP contribution in [0.4, 0.5) is 11.5 Å². The Morgan fingerprint density at radius 1 is 0.774 bits per heavy atom.